The van der Waals surface area contributed by atoms with Crippen LogP contribution in [0.1, 0.15) is 74.7 Å². The number of methoxy groups -OCH3 is 2. The molecule has 1 atom stereocenters. The highest BCUT2D eigenvalue weighted by Gasteiger charge is 2.55. The minimum absolute atomic E-state index is 0.245. The molecular weight excluding hydrogens is 420 g/mol. The van der Waals surface area contributed by atoms with Crippen LogP contribution in [0, 0.1) is 16.7 Å². The summed E-state index contributed by atoms with van der Waals surface area (Å²) in [7, 11) is 0.646. The molecular formula is C26H44O5Si. The van der Waals surface area contributed by atoms with Crippen LogP contribution in [0.3, 0.4) is 0 Å². The largest absolute Gasteiger partial charge is 0.468 e. The summed E-state index contributed by atoms with van der Waals surface area (Å²) in [5.41, 5.74) is 2.70. The number of rotatable bonds is 9. The van der Waals surface area contributed by atoms with E-state index >= 15 is 0 Å². The van der Waals surface area contributed by atoms with Gasteiger partial charge in [0.25, 0.3) is 0 Å². The number of allylic oxidation sites excluding steroid dienone is 3. The minimum atomic E-state index is -2.01. The summed E-state index contributed by atoms with van der Waals surface area (Å²) in [6, 6.07) is 0. The van der Waals surface area contributed by atoms with Gasteiger partial charge in [0.1, 0.15) is 0 Å². The van der Waals surface area contributed by atoms with Crippen LogP contribution in [0.4, 0.5) is 0 Å². The molecule has 0 aromatic heterocycles. The van der Waals surface area contributed by atoms with Crippen LogP contribution in [-0.4, -0.2) is 41.1 Å². The van der Waals surface area contributed by atoms with Crippen molar-refractivity contribution in [1.29, 1.82) is 0 Å². The highest BCUT2D eigenvalue weighted by molar-refractivity contribution is 6.77. The van der Waals surface area contributed by atoms with Gasteiger partial charge >= 0.3 is 11.9 Å². The molecule has 0 bridgehead atoms. The van der Waals surface area contributed by atoms with Gasteiger partial charge in [0.05, 0.1) is 20.8 Å². The molecule has 5 nitrogen and oxygen atoms in total. The molecule has 2 aliphatic rings. The summed E-state index contributed by atoms with van der Waals surface area (Å²) in [5, 5.41) is 0. The molecule has 0 radical (unpaired) electrons. The van der Waals surface area contributed by atoms with Gasteiger partial charge in [-0.2, -0.15) is 0 Å². The lowest BCUT2D eigenvalue weighted by molar-refractivity contribution is -0.169. The predicted molar refractivity (Wildman–Crippen MR) is 131 cm³/mol. The summed E-state index contributed by atoms with van der Waals surface area (Å²) in [6.07, 6.45) is 5.92. The maximum atomic E-state index is 12.8. The van der Waals surface area contributed by atoms with Crippen molar-refractivity contribution in [1.82, 2.24) is 0 Å². The molecule has 0 heterocycles. The van der Waals surface area contributed by atoms with Gasteiger partial charge in [-0.15, -0.1) is 0 Å². The Morgan fingerprint density at radius 3 is 1.88 bits per heavy atom. The average Bonchev–Trinajstić information content (AvgIpc) is 3.36. The van der Waals surface area contributed by atoms with Crippen LogP contribution in [0.25, 0.3) is 0 Å². The van der Waals surface area contributed by atoms with Crippen molar-refractivity contribution in [3.8, 4) is 0 Å². The van der Waals surface area contributed by atoms with Gasteiger partial charge in [-0.1, -0.05) is 67.5 Å². The fourth-order valence-corrected chi connectivity index (χ4v) is 11.4. The number of hydrogen-bond donors (Lipinski definition) is 0. The first-order valence-corrected chi connectivity index (χ1v) is 14.1. The second-order valence-electron chi connectivity index (χ2n) is 11.2. The Kier molecular flexibility index (Phi) is 8.25. The van der Waals surface area contributed by atoms with Crippen molar-refractivity contribution in [2.75, 3.05) is 20.8 Å². The number of ether oxygens (including phenoxy) is 2. The van der Waals surface area contributed by atoms with Crippen molar-refractivity contribution < 1.29 is 23.5 Å². The Morgan fingerprint density at radius 2 is 1.50 bits per heavy atom. The van der Waals surface area contributed by atoms with E-state index < -0.39 is 25.7 Å². The first kappa shape index (κ1) is 26.8. The molecule has 1 saturated carbocycles. The van der Waals surface area contributed by atoms with E-state index in [1.165, 1.54) is 19.8 Å². The molecule has 0 saturated heterocycles. The van der Waals surface area contributed by atoms with E-state index in [-0.39, 0.29) is 5.41 Å². The zero-order valence-corrected chi connectivity index (χ0v) is 22.8. The van der Waals surface area contributed by atoms with E-state index in [0.29, 0.717) is 42.0 Å². The molecule has 0 N–H and O–H groups in total. The van der Waals surface area contributed by atoms with Crippen LogP contribution in [-0.2, 0) is 23.5 Å². The maximum Gasteiger partial charge on any atom is 0.323 e. The molecule has 1 fully saturated rings. The van der Waals surface area contributed by atoms with E-state index in [1.54, 1.807) is 0 Å². The summed E-state index contributed by atoms with van der Waals surface area (Å²) < 4.78 is 16.9. The minimum Gasteiger partial charge on any atom is -0.468 e. The van der Waals surface area contributed by atoms with Crippen LogP contribution in [0.15, 0.2) is 23.3 Å². The SMILES string of the molecule is COC(=O)C1(C(=O)OC)CC=C(C2CC2(C)C)/C(=C\CO[Si](C(C)C)(C(C)C)C(C)C)C1. The second-order valence-corrected chi connectivity index (χ2v) is 16.7. The molecule has 2 rings (SSSR count). The van der Waals surface area contributed by atoms with Crippen molar-refractivity contribution >= 4 is 20.3 Å². The second kappa shape index (κ2) is 9.84. The third kappa shape index (κ3) is 4.77. The fraction of sp³-hybridized carbons (Fsp3) is 0.769. The molecule has 0 aromatic carbocycles. The van der Waals surface area contributed by atoms with Gasteiger partial charge in [0.2, 0.25) is 8.32 Å². The van der Waals surface area contributed by atoms with E-state index in [1.807, 2.05) is 0 Å². The van der Waals surface area contributed by atoms with Crippen molar-refractivity contribution in [2.45, 2.75) is 91.3 Å². The Balaban J connectivity index is 2.43. The first-order valence-electron chi connectivity index (χ1n) is 12.0. The van der Waals surface area contributed by atoms with Crippen molar-refractivity contribution in [3.05, 3.63) is 23.3 Å². The molecule has 32 heavy (non-hydrogen) atoms. The van der Waals surface area contributed by atoms with E-state index in [0.717, 1.165) is 12.0 Å². The summed E-state index contributed by atoms with van der Waals surface area (Å²) in [4.78, 5) is 25.5. The molecule has 1 unspecified atom stereocenters. The molecule has 0 amide bonds. The van der Waals surface area contributed by atoms with E-state index in [4.69, 9.17) is 13.9 Å². The van der Waals surface area contributed by atoms with Crippen LogP contribution in [0.5, 0.6) is 0 Å². The monoisotopic (exact) mass is 464 g/mol. The number of hydrogen-bond acceptors (Lipinski definition) is 5. The van der Waals surface area contributed by atoms with Crippen molar-refractivity contribution in [2.24, 2.45) is 16.7 Å². The molecule has 2 aliphatic carbocycles. The Hall–Kier alpha value is -1.40. The van der Waals surface area contributed by atoms with Crippen LogP contribution < -0.4 is 0 Å². The molecule has 6 heteroatoms. The quantitative estimate of drug-likeness (QED) is 0.231. The fourth-order valence-electron chi connectivity index (χ4n) is 6.04. The van der Waals surface area contributed by atoms with Crippen LogP contribution in [0.2, 0.25) is 16.6 Å². The van der Waals surface area contributed by atoms with Gasteiger partial charge < -0.3 is 13.9 Å². The molecule has 0 aromatic rings. The van der Waals surface area contributed by atoms with Gasteiger partial charge in [-0.3, -0.25) is 9.59 Å². The van der Waals surface area contributed by atoms with Gasteiger partial charge in [-0.25, -0.2) is 0 Å². The first-order chi connectivity index (χ1) is 14.8. The van der Waals surface area contributed by atoms with Crippen LogP contribution >= 0.6 is 0 Å². The lowest BCUT2D eigenvalue weighted by Crippen LogP contribution is -2.47. The number of esters is 2. The Morgan fingerprint density at radius 1 is 1.03 bits per heavy atom. The van der Waals surface area contributed by atoms with E-state index in [9.17, 15) is 9.59 Å². The standard InChI is InChI=1S/C26H44O5Si/c1-17(2)32(18(3)4,19(5)6)31-14-12-20-15-26(23(27)29-9,24(28)30-10)13-11-21(20)22-16-25(22,7)8/h11-12,17-19,22H,13-16H2,1-10H3/b20-12-. The lowest BCUT2D eigenvalue weighted by Gasteiger charge is -2.42. The normalized spacial score (nSPS) is 23.5. The van der Waals surface area contributed by atoms with Gasteiger partial charge in [0.15, 0.2) is 5.41 Å². The average molecular weight is 465 g/mol. The maximum absolute atomic E-state index is 12.8. The smallest absolute Gasteiger partial charge is 0.323 e. The zero-order valence-electron chi connectivity index (χ0n) is 21.8. The molecule has 182 valence electrons. The van der Waals surface area contributed by atoms with Crippen molar-refractivity contribution in [3.63, 3.8) is 0 Å². The van der Waals surface area contributed by atoms with Gasteiger partial charge in [-0.05, 0) is 58.4 Å². The summed E-state index contributed by atoms with van der Waals surface area (Å²) in [6.45, 7) is 18.7. The third-order valence-electron chi connectivity index (χ3n) is 7.94. The predicted octanol–water partition coefficient (Wildman–Crippen LogP) is 6.20. The van der Waals surface area contributed by atoms with Gasteiger partial charge in [0, 0.05) is 0 Å². The zero-order chi connectivity index (χ0) is 24.5. The summed E-state index contributed by atoms with van der Waals surface area (Å²) >= 11 is 0. The Bertz CT molecular complexity index is 737. The number of carbonyl (C=O) groups is 2. The Labute approximate surface area is 196 Å². The lowest BCUT2D eigenvalue weighted by atomic mass is 9.71. The molecule has 0 aliphatic heterocycles. The van der Waals surface area contributed by atoms with E-state index in [2.05, 4.69) is 67.5 Å². The molecule has 0 spiro atoms. The topological polar surface area (TPSA) is 61.8 Å². The summed E-state index contributed by atoms with van der Waals surface area (Å²) in [5.74, 6) is -0.613. The highest BCUT2D eigenvalue weighted by Crippen LogP contribution is 2.59. The number of carbonyl (C=O) groups excluding carboxylic acids is 2. The highest BCUT2D eigenvalue weighted by atomic mass is 28.4. The third-order valence-corrected chi connectivity index (χ3v) is 14.0.